The van der Waals surface area contributed by atoms with E-state index in [9.17, 15) is 20.0 Å². The van der Waals surface area contributed by atoms with E-state index in [1.807, 2.05) is 0 Å². The molecule has 130 valence electrons. The molecule has 0 amide bonds. The average Bonchev–Trinajstić information content (AvgIpc) is 2.70. The minimum Gasteiger partial charge on any atom is -0.622 e. The standard InChI is InChI=1S/C17H22FN3O3/c1-11-10-12(7-8-13(11)18)15-16(2,3)21(24)17(20(15)23)9-5-4-6-14(17)19-22/h7-8,10,22,24H,4-6,9H2,1-3H3/b19-14-/t17-/m0/s1. The molecule has 1 aliphatic carbocycles. The fourth-order valence-corrected chi connectivity index (χ4v) is 3.93. The number of nitrogens with zero attached hydrogens (tertiary/aromatic N) is 3. The Morgan fingerprint density at radius 1 is 1.33 bits per heavy atom. The zero-order chi connectivity index (χ0) is 17.7. The first-order valence-electron chi connectivity index (χ1n) is 8.08. The molecule has 0 bridgehead atoms. The van der Waals surface area contributed by atoms with Gasteiger partial charge in [0, 0.05) is 12.0 Å². The number of oxime groups is 1. The molecule has 1 aliphatic heterocycles. The van der Waals surface area contributed by atoms with E-state index in [-0.39, 0.29) is 11.5 Å². The Bertz CT molecular complexity index is 745. The van der Waals surface area contributed by atoms with Crippen LogP contribution in [-0.4, -0.2) is 42.8 Å². The van der Waals surface area contributed by atoms with Crippen LogP contribution in [0.5, 0.6) is 0 Å². The van der Waals surface area contributed by atoms with Gasteiger partial charge in [-0.15, -0.1) is 5.06 Å². The lowest BCUT2D eigenvalue weighted by molar-refractivity contribution is -0.568. The van der Waals surface area contributed by atoms with Crippen LogP contribution in [0, 0.1) is 17.9 Å². The molecule has 0 aromatic heterocycles. The second-order valence-corrected chi connectivity index (χ2v) is 7.05. The number of hydrogen-bond acceptors (Lipinski definition) is 5. The Morgan fingerprint density at radius 2 is 2.04 bits per heavy atom. The molecular formula is C17H22FN3O3. The molecule has 1 saturated carbocycles. The topological polar surface area (TPSA) is 82.1 Å². The molecule has 0 saturated heterocycles. The monoisotopic (exact) mass is 335 g/mol. The fraction of sp³-hybridized carbons (Fsp3) is 0.529. The molecule has 6 nitrogen and oxygen atoms in total. The van der Waals surface area contributed by atoms with Crippen LogP contribution < -0.4 is 0 Å². The largest absolute Gasteiger partial charge is 0.622 e. The summed E-state index contributed by atoms with van der Waals surface area (Å²) in [6, 6.07) is 4.45. The third kappa shape index (κ3) is 2.08. The molecule has 1 spiro atoms. The highest BCUT2D eigenvalue weighted by Crippen LogP contribution is 2.42. The van der Waals surface area contributed by atoms with Crippen LogP contribution in [0.2, 0.25) is 0 Å². The number of halogens is 1. The van der Waals surface area contributed by atoms with E-state index in [1.165, 1.54) is 12.1 Å². The molecule has 7 heteroatoms. The summed E-state index contributed by atoms with van der Waals surface area (Å²) in [5.74, 6) is -0.349. The first kappa shape index (κ1) is 16.9. The van der Waals surface area contributed by atoms with E-state index in [2.05, 4.69) is 5.16 Å². The van der Waals surface area contributed by atoms with Gasteiger partial charge >= 0.3 is 0 Å². The van der Waals surface area contributed by atoms with Gasteiger partial charge in [0.05, 0.1) is 0 Å². The summed E-state index contributed by atoms with van der Waals surface area (Å²) >= 11 is 0. The van der Waals surface area contributed by atoms with Gasteiger partial charge in [-0.05, 0) is 63.8 Å². The number of hydrogen-bond donors (Lipinski definition) is 2. The highest BCUT2D eigenvalue weighted by Gasteiger charge is 2.65. The first-order valence-corrected chi connectivity index (χ1v) is 8.08. The van der Waals surface area contributed by atoms with Crippen molar-refractivity contribution in [3.8, 4) is 0 Å². The summed E-state index contributed by atoms with van der Waals surface area (Å²) in [5, 5.41) is 37.8. The predicted octanol–water partition coefficient (Wildman–Crippen LogP) is 3.02. The van der Waals surface area contributed by atoms with Gasteiger partial charge in [-0.2, -0.15) is 4.74 Å². The third-order valence-electron chi connectivity index (χ3n) is 5.20. The van der Waals surface area contributed by atoms with Crippen molar-refractivity contribution in [2.24, 2.45) is 5.16 Å². The summed E-state index contributed by atoms with van der Waals surface area (Å²) in [6.45, 7) is 5.08. The summed E-state index contributed by atoms with van der Waals surface area (Å²) < 4.78 is 14.3. The number of hydroxylamine groups is 3. The average molecular weight is 335 g/mol. The van der Waals surface area contributed by atoms with Crippen molar-refractivity contribution in [2.75, 3.05) is 0 Å². The Balaban J connectivity index is 2.24. The van der Waals surface area contributed by atoms with Gasteiger partial charge in [0.1, 0.15) is 17.1 Å². The zero-order valence-corrected chi connectivity index (χ0v) is 14.1. The Morgan fingerprint density at radius 3 is 2.67 bits per heavy atom. The lowest BCUT2D eigenvalue weighted by Crippen LogP contribution is -2.60. The lowest BCUT2D eigenvalue weighted by atomic mass is 9.86. The maximum Gasteiger partial charge on any atom is 0.293 e. The van der Waals surface area contributed by atoms with Crippen LogP contribution in [0.1, 0.15) is 50.7 Å². The molecule has 1 aromatic rings. The summed E-state index contributed by atoms with van der Waals surface area (Å²) in [6.07, 6.45) is 2.34. The SMILES string of the molecule is Cc1cc(C2=[N+]([O-])[C@@]3(CCCC/C3=N/O)N(O)C2(C)C)ccc1F. The van der Waals surface area contributed by atoms with Crippen LogP contribution in [0.4, 0.5) is 4.39 Å². The van der Waals surface area contributed by atoms with Gasteiger partial charge < -0.3 is 15.6 Å². The molecule has 1 atom stereocenters. The molecular weight excluding hydrogens is 313 g/mol. The zero-order valence-electron chi connectivity index (χ0n) is 14.1. The Kier molecular flexibility index (Phi) is 3.88. The quantitative estimate of drug-likeness (QED) is 0.358. The molecule has 3 rings (SSSR count). The van der Waals surface area contributed by atoms with Crippen LogP contribution in [0.15, 0.2) is 23.4 Å². The molecule has 1 heterocycles. The van der Waals surface area contributed by atoms with E-state index in [4.69, 9.17) is 0 Å². The van der Waals surface area contributed by atoms with E-state index in [0.717, 1.165) is 22.6 Å². The third-order valence-corrected chi connectivity index (χ3v) is 5.20. The molecule has 2 aliphatic rings. The highest BCUT2D eigenvalue weighted by atomic mass is 19.1. The molecule has 24 heavy (non-hydrogen) atoms. The van der Waals surface area contributed by atoms with Gasteiger partial charge in [-0.1, -0.05) is 5.16 Å². The van der Waals surface area contributed by atoms with Crippen LogP contribution in [0.3, 0.4) is 0 Å². The van der Waals surface area contributed by atoms with Crippen molar-refractivity contribution in [2.45, 2.75) is 57.7 Å². The van der Waals surface area contributed by atoms with Crippen LogP contribution >= 0.6 is 0 Å². The van der Waals surface area contributed by atoms with Gasteiger partial charge in [0.25, 0.3) is 5.66 Å². The molecule has 1 aromatic carbocycles. The second-order valence-electron chi connectivity index (χ2n) is 7.05. The van der Waals surface area contributed by atoms with E-state index < -0.39 is 11.2 Å². The van der Waals surface area contributed by atoms with E-state index in [1.54, 1.807) is 26.8 Å². The number of aryl methyl sites for hydroxylation is 1. The minimum absolute atomic E-state index is 0.258. The maximum absolute atomic E-state index is 13.6. The fourth-order valence-electron chi connectivity index (χ4n) is 3.93. The van der Waals surface area contributed by atoms with Crippen molar-refractivity contribution < 1.29 is 19.5 Å². The number of benzene rings is 1. The van der Waals surface area contributed by atoms with E-state index >= 15 is 0 Å². The molecule has 2 N–H and O–H groups in total. The Labute approximate surface area is 140 Å². The van der Waals surface area contributed by atoms with Crippen molar-refractivity contribution in [1.29, 1.82) is 0 Å². The predicted molar refractivity (Wildman–Crippen MR) is 87.0 cm³/mol. The lowest BCUT2D eigenvalue weighted by Gasteiger charge is -2.38. The minimum atomic E-state index is -1.41. The van der Waals surface area contributed by atoms with E-state index in [0.29, 0.717) is 29.7 Å². The number of rotatable bonds is 1. The molecule has 1 fully saturated rings. The van der Waals surface area contributed by atoms with Crippen molar-refractivity contribution in [1.82, 2.24) is 5.06 Å². The van der Waals surface area contributed by atoms with Gasteiger partial charge in [-0.3, -0.25) is 0 Å². The van der Waals surface area contributed by atoms with Crippen molar-refractivity contribution in [3.05, 3.63) is 40.4 Å². The van der Waals surface area contributed by atoms with Gasteiger partial charge in [0.2, 0.25) is 5.71 Å². The van der Waals surface area contributed by atoms with Gasteiger partial charge in [0.15, 0.2) is 0 Å². The first-order chi connectivity index (χ1) is 11.3. The maximum atomic E-state index is 13.6. The van der Waals surface area contributed by atoms with Gasteiger partial charge in [-0.25, -0.2) is 4.39 Å². The van der Waals surface area contributed by atoms with Crippen molar-refractivity contribution >= 4 is 11.4 Å². The highest BCUT2D eigenvalue weighted by molar-refractivity contribution is 6.07. The second kappa shape index (κ2) is 5.53. The summed E-state index contributed by atoms with van der Waals surface area (Å²) in [5.41, 5.74) is -0.862. The molecule has 0 radical (unpaired) electrons. The van der Waals surface area contributed by atoms with Crippen molar-refractivity contribution in [3.63, 3.8) is 0 Å². The normalized spacial score (nSPS) is 29.0. The summed E-state index contributed by atoms with van der Waals surface area (Å²) in [4.78, 5) is 0. The van der Waals surface area contributed by atoms with Crippen LogP contribution in [-0.2, 0) is 0 Å². The van der Waals surface area contributed by atoms with Crippen LogP contribution in [0.25, 0.3) is 0 Å². The summed E-state index contributed by atoms with van der Waals surface area (Å²) in [7, 11) is 0. The smallest absolute Gasteiger partial charge is 0.293 e. The molecule has 0 unspecified atom stereocenters. The Hall–Kier alpha value is -1.99.